The molecule has 5 rings (SSSR count). The second kappa shape index (κ2) is 11.1. The Morgan fingerprint density at radius 1 is 1.05 bits per heavy atom. The molecule has 218 valence electrons. The molecule has 4 bridgehead atoms. The summed E-state index contributed by atoms with van der Waals surface area (Å²) in [6, 6.07) is 13.5. The lowest BCUT2D eigenvalue weighted by molar-refractivity contribution is -0.0413. The Morgan fingerprint density at radius 3 is 2.39 bits per heavy atom. The summed E-state index contributed by atoms with van der Waals surface area (Å²) in [5, 5.41) is 0. The molecule has 1 saturated carbocycles. The zero-order valence-electron chi connectivity index (χ0n) is 24.5. The van der Waals surface area contributed by atoms with Crippen LogP contribution in [0.5, 0.6) is 5.88 Å². The van der Waals surface area contributed by atoms with E-state index < -0.39 is 10.0 Å². The van der Waals surface area contributed by atoms with Gasteiger partial charge in [-0.1, -0.05) is 45.0 Å². The smallest absolute Gasteiger partial charge is 0.264 e. The normalized spacial score (nSPS) is 22.3. The first-order chi connectivity index (χ1) is 19.3. The molecule has 1 atom stereocenters. The van der Waals surface area contributed by atoms with Crippen LogP contribution in [0.15, 0.2) is 53.4 Å². The zero-order chi connectivity index (χ0) is 29.5. The molecular formula is C31H38N4O5S. The van der Waals surface area contributed by atoms with E-state index in [1.807, 2.05) is 36.9 Å². The van der Waals surface area contributed by atoms with Crippen molar-refractivity contribution in [1.82, 2.24) is 14.9 Å². The third-order valence-electron chi connectivity index (χ3n) is 7.75. The van der Waals surface area contributed by atoms with Crippen LogP contribution < -0.4 is 9.46 Å². The lowest BCUT2D eigenvalue weighted by Gasteiger charge is -2.47. The second-order valence-corrected chi connectivity index (χ2v) is 13.9. The molecule has 1 aliphatic carbocycles. The standard InChI is InChI=1S/C31H38N4O5S/c1-19-9-7-10-20(2)28(19)26-16-27-33-30(32-26)34-41(37,38)25-12-8-11-21(13-25)29(36)35(22-14-24(15-22)39-6)23(18-40-27)17-31(3,4)5/h7-13,16,22-24H,14-15,17-18H2,1-6H3,(H,32,33,34)/t22?,23-,24?/m1/s1. The van der Waals surface area contributed by atoms with Crippen LogP contribution >= 0.6 is 0 Å². The van der Waals surface area contributed by atoms with Crippen molar-refractivity contribution >= 4 is 21.9 Å². The molecule has 1 aliphatic heterocycles. The topological polar surface area (TPSA) is 111 Å². The van der Waals surface area contributed by atoms with Gasteiger partial charge in [0.1, 0.15) is 6.61 Å². The predicted octanol–water partition coefficient (Wildman–Crippen LogP) is 5.38. The van der Waals surface area contributed by atoms with Crippen molar-refractivity contribution in [1.29, 1.82) is 0 Å². The third-order valence-corrected chi connectivity index (χ3v) is 9.08. The van der Waals surface area contributed by atoms with Gasteiger partial charge in [0.2, 0.25) is 11.8 Å². The van der Waals surface area contributed by atoms with Gasteiger partial charge in [0.15, 0.2) is 0 Å². The molecule has 0 saturated heterocycles. The van der Waals surface area contributed by atoms with Crippen LogP contribution in [-0.4, -0.2) is 61.1 Å². The van der Waals surface area contributed by atoms with Gasteiger partial charge in [-0.25, -0.2) is 18.1 Å². The largest absolute Gasteiger partial charge is 0.475 e. The van der Waals surface area contributed by atoms with Gasteiger partial charge in [0.05, 0.1) is 22.7 Å². The number of nitrogens with zero attached hydrogens (tertiary/aromatic N) is 3. The Balaban J connectivity index is 1.66. The maximum atomic E-state index is 14.1. The van der Waals surface area contributed by atoms with Crippen molar-refractivity contribution in [2.75, 3.05) is 18.4 Å². The van der Waals surface area contributed by atoms with Gasteiger partial charge < -0.3 is 14.4 Å². The number of benzene rings is 2. The van der Waals surface area contributed by atoms with Gasteiger partial charge in [0, 0.05) is 30.3 Å². The Hall–Kier alpha value is -3.50. The van der Waals surface area contributed by atoms with Crippen molar-refractivity contribution in [2.45, 2.75) is 77.0 Å². The molecule has 0 spiro atoms. The number of fused-ring (bicyclic) bond motifs is 4. The number of hydrogen-bond donors (Lipinski definition) is 1. The van der Waals surface area contributed by atoms with E-state index in [0.717, 1.165) is 16.7 Å². The molecule has 0 unspecified atom stereocenters. The van der Waals surface area contributed by atoms with Crippen LogP contribution in [0.3, 0.4) is 0 Å². The zero-order valence-corrected chi connectivity index (χ0v) is 25.3. The lowest BCUT2D eigenvalue weighted by Crippen LogP contribution is -2.56. The second-order valence-electron chi connectivity index (χ2n) is 12.2. The summed E-state index contributed by atoms with van der Waals surface area (Å²) >= 11 is 0. The molecule has 3 aromatic rings. The molecule has 1 aromatic heterocycles. The minimum absolute atomic E-state index is 0.0400. The summed E-state index contributed by atoms with van der Waals surface area (Å²) in [5.74, 6) is -0.0917. The molecule has 41 heavy (non-hydrogen) atoms. The summed E-state index contributed by atoms with van der Waals surface area (Å²) in [6.07, 6.45) is 2.16. The van der Waals surface area contributed by atoms with Crippen molar-refractivity contribution in [3.8, 4) is 17.1 Å². The van der Waals surface area contributed by atoms with E-state index >= 15 is 0 Å². The average molecular weight is 579 g/mol. The third kappa shape index (κ3) is 6.23. The number of amides is 1. The van der Waals surface area contributed by atoms with Gasteiger partial charge >= 0.3 is 0 Å². The molecule has 2 aliphatic rings. The highest BCUT2D eigenvalue weighted by Gasteiger charge is 2.41. The number of ether oxygens (including phenoxy) is 2. The van der Waals surface area contributed by atoms with E-state index in [2.05, 4.69) is 35.5 Å². The first kappa shape index (κ1) is 29.0. The molecule has 1 N–H and O–H groups in total. The van der Waals surface area contributed by atoms with Crippen LogP contribution in [0.4, 0.5) is 5.95 Å². The van der Waals surface area contributed by atoms with E-state index in [1.165, 1.54) is 12.1 Å². The monoisotopic (exact) mass is 578 g/mol. The first-order valence-corrected chi connectivity index (χ1v) is 15.4. The number of rotatable bonds is 4. The van der Waals surface area contributed by atoms with E-state index in [1.54, 1.807) is 25.3 Å². The van der Waals surface area contributed by atoms with E-state index in [4.69, 9.17) is 9.47 Å². The average Bonchev–Trinajstić information content (AvgIpc) is 2.87. The summed E-state index contributed by atoms with van der Waals surface area (Å²) in [7, 11) is -2.43. The van der Waals surface area contributed by atoms with Gasteiger partial charge in [-0.05, 0) is 67.9 Å². The number of anilines is 1. The molecule has 0 radical (unpaired) electrons. The van der Waals surface area contributed by atoms with Gasteiger partial charge in [-0.15, -0.1) is 0 Å². The SMILES string of the molecule is COC1CC(N2C(=O)c3cccc(c3)S(=O)(=O)Nc3nc(cc(-c4c(C)cccc4C)n3)OC[C@H]2CC(C)(C)C)C1. The van der Waals surface area contributed by atoms with Gasteiger partial charge in [-0.3, -0.25) is 4.79 Å². The summed E-state index contributed by atoms with van der Waals surface area (Å²) in [4.78, 5) is 25.0. The van der Waals surface area contributed by atoms with Crippen LogP contribution in [0, 0.1) is 19.3 Å². The molecule has 1 fully saturated rings. The number of nitrogens with one attached hydrogen (secondary N) is 1. The number of aromatic nitrogens is 2. The van der Waals surface area contributed by atoms with Crippen LogP contribution in [-0.2, 0) is 14.8 Å². The van der Waals surface area contributed by atoms with Crippen molar-refractivity contribution in [3.05, 3.63) is 65.2 Å². The highest BCUT2D eigenvalue weighted by Crippen LogP contribution is 2.36. The number of aryl methyl sites for hydroxylation is 2. The summed E-state index contributed by atoms with van der Waals surface area (Å²) < 4.78 is 41.4. The van der Waals surface area contributed by atoms with Crippen molar-refractivity contribution in [2.24, 2.45) is 5.41 Å². The van der Waals surface area contributed by atoms with E-state index in [9.17, 15) is 13.2 Å². The Bertz CT molecular complexity index is 1540. The minimum atomic E-state index is -4.11. The fourth-order valence-corrected chi connectivity index (χ4v) is 6.72. The van der Waals surface area contributed by atoms with E-state index in [0.29, 0.717) is 30.5 Å². The fourth-order valence-electron chi connectivity index (χ4n) is 5.73. The number of hydrogen-bond acceptors (Lipinski definition) is 7. The van der Waals surface area contributed by atoms with Crippen LogP contribution in [0.1, 0.15) is 61.5 Å². The molecule has 2 aromatic carbocycles. The van der Waals surface area contributed by atoms with E-state index in [-0.39, 0.29) is 52.8 Å². The maximum absolute atomic E-state index is 14.1. The number of methoxy groups -OCH3 is 1. The summed E-state index contributed by atoms with van der Waals surface area (Å²) in [6.45, 7) is 10.6. The maximum Gasteiger partial charge on any atom is 0.264 e. The van der Waals surface area contributed by atoms with Gasteiger partial charge in [-0.2, -0.15) is 4.98 Å². The number of carbonyl (C=O) groups excluding carboxylic acids is 1. The number of carbonyl (C=O) groups is 1. The van der Waals surface area contributed by atoms with Crippen molar-refractivity contribution < 1.29 is 22.7 Å². The quantitative estimate of drug-likeness (QED) is 0.443. The predicted molar refractivity (Wildman–Crippen MR) is 158 cm³/mol. The Labute approximate surface area is 242 Å². The molecule has 10 heteroatoms. The molecule has 1 amide bonds. The number of sulfonamides is 1. The highest BCUT2D eigenvalue weighted by molar-refractivity contribution is 7.92. The molecular weight excluding hydrogens is 540 g/mol. The van der Waals surface area contributed by atoms with Crippen molar-refractivity contribution in [3.63, 3.8) is 0 Å². The van der Waals surface area contributed by atoms with Gasteiger partial charge in [0.25, 0.3) is 15.9 Å². The summed E-state index contributed by atoms with van der Waals surface area (Å²) in [5.41, 5.74) is 3.61. The Morgan fingerprint density at radius 2 is 1.73 bits per heavy atom. The lowest BCUT2D eigenvalue weighted by atomic mass is 9.82. The first-order valence-electron chi connectivity index (χ1n) is 13.9. The fraction of sp³-hybridized carbons (Fsp3) is 0.452. The van der Waals surface area contributed by atoms with Crippen LogP contribution in [0.2, 0.25) is 0 Å². The Kier molecular flexibility index (Phi) is 7.82. The molecule has 2 heterocycles. The van der Waals surface area contributed by atoms with Crippen LogP contribution in [0.25, 0.3) is 11.3 Å². The molecule has 9 nitrogen and oxygen atoms in total. The minimum Gasteiger partial charge on any atom is -0.475 e. The highest BCUT2D eigenvalue weighted by atomic mass is 32.2.